The lowest BCUT2D eigenvalue weighted by atomic mass is 10.1. The number of rotatable bonds is 6. The quantitative estimate of drug-likeness (QED) is 0.839. The summed E-state index contributed by atoms with van der Waals surface area (Å²) in [7, 11) is 0. The molecule has 0 aliphatic carbocycles. The van der Waals surface area contributed by atoms with Crippen LogP contribution < -0.4 is 10.6 Å². The summed E-state index contributed by atoms with van der Waals surface area (Å²) < 4.78 is 0. The van der Waals surface area contributed by atoms with Gasteiger partial charge in [-0.1, -0.05) is 13.8 Å². The fourth-order valence-corrected chi connectivity index (χ4v) is 1.59. The van der Waals surface area contributed by atoms with Crippen LogP contribution in [0.3, 0.4) is 0 Å². The van der Waals surface area contributed by atoms with Gasteiger partial charge in [0.1, 0.15) is 0 Å². The molecule has 0 heterocycles. The van der Waals surface area contributed by atoms with Crippen LogP contribution in [0.15, 0.2) is 24.3 Å². The Labute approximate surface area is 121 Å². The highest BCUT2D eigenvalue weighted by Gasteiger charge is 2.11. The van der Waals surface area contributed by atoms with Gasteiger partial charge in [-0.25, -0.2) is 0 Å². The number of nitrogens with one attached hydrogen (secondary N) is 2. The Balaban J connectivity index is 2.68. The van der Waals surface area contributed by atoms with Crippen molar-refractivity contribution < 1.29 is 9.59 Å². The lowest BCUT2D eigenvalue weighted by Crippen LogP contribution is -2.33. The normalized spacial score (nSPS) is 13.4. The molecule has 0 bridgehead atoms. The van der Waals surface area contributed by atoms with Crippen LogP contribution in [0, 0.1) is 0 Å². The molecule has 1 aromatic rings. The van der Waals surface area contributed by atoms with Crippen LogP contribution in [0.4, 0.5) is 0 Å². The molecule has 0 radical (unpaired) electrons. The van der Waals surface area contributed by atoms with E-state index in [4.69, 9.17) is 0 Å². The van der Waals surface area contributed by atoms with E-state index in [2.05, 4.69) is 10.6 Å². The number of benzene rings is 1. The van der Waals surface area contributed by atoms with Gasteiger partial charge in [0, 0.05) is 23.2 Å². The molecule has 4 nitrogen and oxygen atoms in total. The highest BCUT2D eigenvalue weighted by molar-refractivity contribution is 5.97. The predicted octanol–water partition coefficient (Wildman–Crippen LogP) is 2.74. The van der Waals surface area contributed by atoms with Crippen LogP contribution in [-0.4, -0.2) is 23.9 Å². The third-order valence-electron chi connectivity index (χ3n) is 3.39. The highest BCUT2D eigenvalue weighted by atomic mass is 16.2. The van der Waals surface area contributed by atoms with Crippen LogP contribution in [0.1, 0.15) is 61.3 Å². The summed E-state index contributed by atoms with van der Waals surface area (Å²) in [6.07, 6.45) is 1.78. The van der Waals surface area contributed by atoms with Gasteiger partial charge in [0.15, 0.2) is 0 Å². The Bertz CT molecular complexity index is 411. The average Bonchev–Trinajstić information content (AvgIpc) is 2.46. The molecule has 0 aromatic heterocycles. The van der Waals surface area contributed by atoms with E-state index in [0.717, 1.165) is 12.8 Å². The summed E-state index contributed by atoms with van der Waals surface area (Å²) in [6.45, 7) is 7.97. The lowest BCUT2D eigenvalue weighted by Gasteiger charge is -2.13. The number of hydrogen-bond donors (Lipinski definition) is 2. The maximum Gasteiger partial charge on any atom is 0.251 e. The molecule has 2 atom stereocenters. The van der Waals surface area contributed by atoms with Crippen molar-refractivity contribution in [2.75, 3.05) is 0 Å². The van der Waals surface area contributed by atoms with Gasteiger partial charge in [0.25, 0.3) is 11.8 Å². The molecule has 0 saturated heterocycles. The van der Waals surface area contributed by atoms with Gasteiger partial charge in [-0.2, -0.15) is 0 Å². The van der Waals surface area contributed by atoms with Crippen molar-refractivity contribution in [3.05, 3.63) is 35.4 Å². The minimum atomic E-state index is -0.103. The monoisotopic (exact) mass is 276 g/mol. The topological polar surface area (TPSA) is 58.2 Å². The summed E-state index contributed by atoms with van der Waals surface area (Å²) in [5, 5.41) is 5.79. The molecule has 2 unspecified atom stereocenters. The van der Waals surface area contributed by atoms with Crippen LogP contribution >= 0.6 is 0 Å². The van der Waals surface area contributed by atoms with Crippen LogP contribution in [0.2, 0.25) is 0 Å². The molecule has 0 spiro atoms. The minimum absolute atomic E-state index is 0.103. The first-order valence-electron chi connectivity index (χ1n) is 7.19. The van der Waals surface area contributed by atoms with Crippen molar-refractivity contribution in [2.24, 2.45) is 0 Å². The first-order valence-corrected chi connectivity index (χ1v) is 7.19. The summed E-state index contributed by atoms with van der Waals surface area (Å²) in [5.41, 5.74) is 1.15. The summed E-state index contributed by atoms with van der Waals surface area (Å²) >= 11 is 0. The Morgan fingerprint density at radius 2 is 1.15 bits per heavy atom. The van der Waals surface area contributed by atoms with Gasteiger partial charge >= 0.3 is 0 Å². The fraction of sp³-hybridized carbons (Fsp3) is 0.500. The molecule has 2 N–H and O–H groups in total. The van der Waals surface area contributed by atoms with Crippen molar-refractivity contribution >= 4 is 11.8 Å². The second kappa shape index (κ2) is 7.68. The molecule has 1 rings (SSSR count). The zero-order chi connectivity index (χ0) is 15.1. The van der Waals surface area contributed by atoms with Crippen molar-refractivity contribution in [1.82, 2.24) is 10.6 Å². The molecule has 0 saturated carbocycles. The zero-order valence-electron chi connectivity index (χ0n) is 12.7. The summed E-state index contributed by atoms with van der Waals surface area (Å²) in [6, 6.07) is 7.03. The molecule has 0 aliphatic rings. The number of amides is 2. The van der Waals surface area contributed by atoms with Gasteiger partial charge in [-0.15, -0.1) is 0 Å². The van der Waals surface area contributed by atoms with Gasteiger partial charge in [-0.05, 0) is 51.0 Å². The molecule has 110 valence electrons. The molecule has 20 heavy (non-hydrogen) atoms. The van der Waals surface area contributed by atoms with Crippen molar-refractivity contribution in [2.45, 2.75) is 52.6 Å². The van der Waals surface area contributed by atoms with Crippen molar-refractivity contribution in [3.8, 4) is 0 Å². The van der Waals surface area contributed by atoms with Gasteiger partial charge in [-0.3, -0.25) is 9.59 Å². The van der Waals surface area contributed by atoms with E-state index in [0.29, 0.717) is 11.1 Å². The van der Waals surface area contributed by atoms with E-state index >= 15 is 0 Å². The molecule has 2 amide bonds. The van der Waals surface area contributed by atoms with Crippen LogP contribution in [0.25, 0.3) is 0 Å². The zero-order valence-corrected chi connectivity index (χ0v) is 12.7. The molecule has 0 aliphatic heterocycles. The molecule has 0 fully saturated rings. The van der Waals surface area contributed by atoms with E-state index in [1.54, 1.807) is 24.3 Å². The fourth-order valence-electron chi connectivity index (χ4n) is 1.59. The predicted molar refractivity (Wildman–Crippen MR) is 80.9 cm³/mol. The summed E-state index contributed by atoms with van der Waals surface area (Å²) in [5.74, 6) is -0.207. The minimum Gasteiger partial charge on any atom is -0.350 e. The Hall–Kier alpha value is -1.84. The van der Waals surface area contributed by atoms with E-state index in [-0.39, 0.29) is 23.9 Å². The summed E-state index contributed by atoms with van der Waals surface area (Å²) in [4.78, 5) is 23.8. The van der Waals surface area contributed by atoms with E-state index < -0.39 is 0 Å². The second-order valence-electron chi connectivity index (χ2n) is 5.14. The first kappa shape index (κ1) is 16.2. The molecular formula is C16H24N2O2. The third-order valence-corrected chi connectivity index (χ3v) is 3.39. The van der Waals surface area contributed by atoms with Crippen molar-refractivity contribution in [3.63, 3.8) is 0 Å². The lowest BCUT2D eigenvalue weighted by molar-refractivity contribution is 0.0927. The molecular weight excluding hydrogens is 252 g/mol. The average molecular weight is 276 g/mol. The van der Waals surface area contributed by atoms with Gasteiger partial charge in [0.2, 0.25) is 0 Å². The largest absolute Gasteiger partial charge is 0.350 e. The molecule has 4 heteroatoms. The SMILES string of the molecule is CCC(C)NC(=O)c1ccc(C(=O)NC(C)CC)cc1. The van der Waals surface area contributed by atoms with E-state index in [9.17, 15) is 9.59 Å². The van der Waals surface area contributed by atoms with Crippen LogP contribution in [0.5, 0.6) is 0 Å². The Morgan fingerprint density at radius 3 is 1.40 bits per heavy atom. The maximum atomic E-state index is 11.9. The van der Waals surface area contributed by atoms with E-state index in [1.807, 2.05) is 27.7 Å². The standard InChI is InChI=1S/C16H24N2O2/c1-5-11(3)17-15(19)13-7-9-14(10-8-13)16(20)18-12(4)6-2/h7-12H,5-6H2,1-4H3,(H,17,19)(H,18,20). The number of hydrogen-bond acceptors (Lipinski definition) is 2. The maximum absolute atomic E-state index is 11.9. The first-order chi connectivity index (χ1) is 9.47. The van der Waals surface area contributed by atoms with Gasteiger partial charge < -0.3 is 10.6 Å². The van der Waals surface area contributed by atoms with Crippen LogP contribution in [-0.2, 0) is 0 Å². The number of carbonyl (C=O) groups excluding carboxylic acids is 2. The highest BCUT2D eigenvalue weighted by Crippen LogP contribution is 2.06. The molecule has 1 aromatic carbocycles. The number of carbonyl (C=O) groups is 2. The Kier molecular flexibility index (Phi) is 6.22. The third kappa shape index (κ3) is 4.68. The van der Waals surface area contributed by atoms with Gasteiger partial charge in [0.05, 0.1) is 0 Å². The smallest absolute Gasteiger partial charge is 0.251 e. The van der Waals surface area contributed by atoms with Crippen molar-refractivity contribution in [1.29, 1.82) is 0 Å². The second-order valence-corrected chi connectivity index (χ2v) is 5.14. The Morgan fingerprint density at radius 1 is 0.850 bits per heavy atom. The van der Waals surface area contributed by atoms with E-state index in [1.165, 1.54) is 0 Å².